The van der Waals surface area contributed by atoms with Crippen LogP contribution in [-0.4, -0.2) is 33.8 Å². The first-order valence-corrected chi connectivity index (χ1v) is 7.72. The van der Waals surface area contributed by atoms with E-state index in [1.165, 1.54) is 23.4 Å². The lowest BCUT2D eigenvalue weighted by molar-refractivity contribution is 0.302. The molecular weight excluding hydrogens is 296 g/mol. The summed E-state index contributed by atoms with van der Waals surface area (Å²) in [4.78, 5) is 2.49. The Morgan fingerprint density at radius 2 is 2.09 bits per heavy atom. The van der Waals surface area contributed by atoms with Gasteiger partial charge in [0, 0.05) is 25.3 Å². The zero-order valence-corrected chi connectivity index (χ0v) is 14.1. The minimum atomic E-state index is 0. The average Bonchev–Trinajstić information content (AvgIpc) is 3.09. The van der Waals surface area contributed by atoms with Crippen LogP contribution >= 0.6 is 12.4 Å². The van der Waals surface area contributed by atoms with Crippen LogP contribution in [0.1, 0.15) is 24.6 Å². The molecule has 120 valence electrons. The largest absolute Gasteiger partial charge is 0.328 e. The molecule has 1 aromatic carbocycles. The summed E-state index contributed by atoms with van der Waals surface area (Å²) in [5.74, 6) is 0.625. The van der Waals surface area contributed by atoms with Crippen LogP contribution in [0, 0.1) is 12.8 Å². The van der Waals surface area contributed by atoms with E-state index in [0.29, 0.717) is 5.92 Å². The van der Waals surface area contributed by atoms with Crippen molar-refractivity contribution in [2.75, 3.05) is 13.1 Å². The van der Waals surface area contributed by atoms with Crippen LogP contribution in [-0.2, 0) is 6.54 Å². The van der Waals surface area contributed by atoms with E-state index in [-0.39, 0.29) is 18.4 Å². The van der Waals surface area contributed by atoms with Gasteiger partial charge in [0.2, 0.25) is 0 Å². The van der Waals surface area contributed by atoms with Gasteiger partial charge in [-0.15, -0.1) is 12.4 Å². The molecule has 2 aromatic rings. The van der Waals surface area contributed by atoms with Gasteiger partial charge in [-0.05, 0) is 50.4 Å². The lowest BCUT2D eigenvalue weighted by atomic mass is 10.0. The molecule has 1 aliphatic rings. The predicted octanol–water partition coefficient (Wildman–Crippen LogP) is 2.77. The molecule has 4 nitrogen and oxygen atoms in total. The maximum Gasteiger partial charge on any atom is 0.0678 e. The van der Waals surface area contributed by atoms with Crippen LogP contribution in [0.2, 0.25) is 0 Å². The number of halogens is 1. The number of aromatic nitrogens is 2. The van der Waals surface area contributed by atoms with Crippen molar-refractivity contribution < 1.29 is 0 Å². The monoisotopic (exact) mass is 320 g/mol. The molecule has 0 spiro atoms. The third-order valence-corrected chi connectivity index (χ3v) is 4.50. The van der Waals surface area contributed by atoms with E-state index in [2.05, 4.69) is 58.9 Å². The van der Waals surface area contributed by atoms with Crippen molar-refractivity contribution in [1.29, 1.82) is 0 Å². The van der Waals surface area contributed by atoms with E-state index in [1.54, 1.807) is 0 Å². The Morgan fingerprint density at radius 1 is 1.32 bits per heavy atom. The average molecular weight is 321 g/mol. The van der Waals surface area contributed by atoms with Crippen molar-refractivity contribution in [3.8, 4) is 5.69 Å². The molecule has 2 unspecified atom stereocenters. The molecule has 5 heteroatoms. The van der Waals surface area contributed by atoms with Crippen LogP contribution in [0.4, 0.5) is 0 Å². The normalized spacial score (nSPS) is 19.9. The zero-order valence-electron chi connectivity index (χ0n) is 13.3. The number of hydrogen-bond acceptors (Lipinski definition) is 3. The Labute approximate surface area is 138 Å². The molecule has 2 heterocycles. The summed E-state index contributed by atoms with van der Waals surface area (Å²) < 4.78 is 2.06. The SMILES string of the molecule is Cc1ccccc1-n1nccc1CN1CCC(C(C)N)C1.Cl. The molecule has 0 aliphatic carbocycles. The summed E-state index contributed by atoms with van der Waals surface area (Å²) in [5.41, 5.74) is 9.69. The van der Waals surface area contributed by atoms with Crippen LogP contribution in [0.25, 0.3) is 5.69 Å². The number of hydrogen-bond donors (Lipinski definition) is 1. The molecule has 1 fully saturated rings. The minimum absolute atomic E-state index is 0. The van der Waals surface area contributed by atoms with E-state index in [0.717, 1.165) is 19.6 Å². The molecule has 22 heavy (non-hydrogen) atoms. The van der Waals surface area contributed by atoms with Gasteiger partial charge in [-0.25, -0.2) is 4.68 Å². The van der Waals surface area contributed by atoms with Crippen molar-refractivity contribution in [3.05, 3.63) is 47.8 Å². The molecule has 0 amide bonds. The van der Waals surface area contributed by atoms with Gasteiger partial charge in [0.15, 0.2) is 0 Å². The topological polar surface area (TPSA) is 47.1 Å². The molecule has 2 atom stereocenters. The highest BCUT2D eigenvalue weighted by Crippen LogP contribution is 2.22. The third-order valence-electron chi connectivity index (χ3n) is 4.50. The van der Waals surface area contributed by atoms with Crippen LogP contribution in [0.15, 0.2) is 36.5 Å². The number of rotatable bonds is 4. The number of benzene rings is 1. The Kier molecular flexibility index (Phi) is 5.62. The summed E-state index contributed by atoms with van der Waals surface area (Å²) in [7, 11) is 0. The second kappa shape index (κ2) is 7.27. The fraction of sp³-hybridized carbons (Fsp3) is 0.471. The van der Waals surface area contributed by atoms with Crippen molar-refractivity contribution in [1.82, 2.24) is 14.7 Å². The van der Waals surface area contributed by atoms with E-state index >= 15 is 0 Å². The summed E-state index contributed by atoms with van der Waals surface area (Å²) in [6.07, 6.45) is 3.09. The van der Waals surface area contributed by atoms with Gasteiger partial charge in [0.1, 0.15) is 0 Å². The predicted molar refractivity (Wildman–Crippen MR) is 92.6 cm³/mol. The number of aryl methyl sites for hydroxylation is 1. The lowest BCUT2D eigenvalue weighted by Crippen LogP contribution is -2.30. The molecule has 1 saturated heterocycles. The summed E-state index contributed by atoms with van der Waals surface area (Å²) in [5, 5.41) is 4.51. The van der Waals surface area contributed by atoms with Crippen molar-refractivity contribution in [2.45, 2.75) is 32.9 Å². The van der Waals surface area contributed by atoms with Gasteiger partial charge < -0.3 is 5.73 Å². The first-order valence-electron chi connectivity index (χ1n) is 7.72. The van der Waals surface area contributed by atoms with Gasteiger partial charge in [-0.3, -0.25) is 4.90 Å². The summed E-state index contributed by atoms with van der Waals surface area (Å²) >= 11 is 0. The van der Waals surface area contributed by atoms with Crippen LogP contribution in [0.3, 0.4) is 0 Å². The maximum absolute atomic E-state index is 6.03. The number of likely N-dealkylation sites (tertiary alicyclic amines) is 1. The second-order valence-corrected chi connectivity index (χ2v) is 6.16. The van der Waals surface area contributed by atoms with Crippen LogP contribution in [0.5, 0.6) is 0 Å². The highest BCUT2D eigenvalue weighted by molar-refractivity contribution is 5.85. The number of para-hydroxylation sites is 1. The van der Waals surface area contributed by atoms with Gasteiger partial charge in [-0.1, -0.05) is 18.2 Å². The Morgan fingerprint density at radius 3 is 2.77 bits per heavy atom. The van der Waals surface area contributed by atoms with E-state index in [1.807, 2.05) is 6.20 Å². The van der Waals surface area contributed by atoms with Crippen LogP contribution < -0.4 is 5.73 Å². The molecular formula is C17H25ClN4. The summed E-state index contributed by atoms with van der Waals surface area (Å²) in [6.45, 7) is 7.41. The van der Waals surface area contributed by atoms with Crippen molar-refractivity contribution in [2.24, 2.45) is 11.7 Å². The van der Waals surface area contributed by atoms with E-state index in [4.69, 9.17) is 5.73 Å². The van der Waals surface area contributed by atoms with Gasteiger partial charge >= 0.3 is 0 Å². The maximum atomic E-state index is 6.03. The highest BCUT2D eigenvalue weighted by Gasteiger charge is 2.25. The zero-order chi connectivity index (χ0) is 14.8. The van der Waals surface area contributed by atoms with E-state index < -0.39 is 0 Å². The third kappa shape index (κ3) is 3.51. The van der Waals surface area contributed by atoms with Crippen molar-refractivity contribution >= 4 is 12.4 Å². The molecule has 1 aliphatic heterocycles. The Hall–Kier alpha value is -1.36. The molecule has 2 N–H and O–H groups in total. The number of nitrogens with zero attached hydrogens (tertiary/aromatic N) is 3. The fourth-order valence-corrected chi connectivity index (χ4v) is 3.13. The quantitative estimate of drug-likeness (QED) is 0.942. The molecule has 0 saturated carbocycles. The Bertz CT molecular complexity index is 608. The molecule has 0 bridgehead atoms. The molecule has 0 radical (unpaired) electrons. The van der Waals surface area contributed by atoms with Crippen molar-refractivity contribution in [3.63, 3.8) is 0 Å². The standard InChI is InChI=1S/C17H24N4.ClH/c1-13-5-3-4-6-17(13)21-16(7-9-19-21)12-20-10-8-15(11-20)14(2)18;/h3-7,9,14-15H,8,10-12,18H2,1-2H3;1H. The van der Waals surface area contributed by atoms with Gasteiger partial charge in [-0.2, -0.15) is 5.10 Å². The Balaban J connectivity index is 0.00000176. The lowest BCUT2D eigenvalue weighted by Gasteiger charge is -2.19. The second-order valence-electron chi connectivity index (χ2n) is 6.16. The molecule has 3 rings (SSSR count). The fourth-order valence-electron chi connectivity index (χ4n) is 3.13. The van der Waals surface area contributed by atoms with Gasteiger partial charge in [0.05, 0.1) is 11.4 Å². The summed E-state index contributed by atoms with van der Waals surface area (Å²) in [6, 6.07) is 10.8. The first-order chi connectivity index (χ1) is 10.1. The van der Waals surface area contributed by atoms with E-state index in [9.17, 15) is 0 Å². The minimum Gasteiger partial charge on any atom is -0.328 e. The number of nitrogens with two attached hydrogens (primary N) is 1. The smallest absolute Gasteiger partial charge is 0.0678 e. The first kappa shape index (κ1) is 17.0. The highest BCUT2D eigenvalue weighted by atomic mass is 35.5. The molecule has 1 aromatic heterocycles. The van der Waals surface area contributed by atoms with Gasteiger partial charge in [0.25, 0.3) is 0 Å².